The van der Waals surface area contributed by atoms with Gasteiger partial charge in [-0.15, -0.1) is 0 Å². The zero-order valence-corrected chi connectivity index (χ0v) is 13.3. The average Bonchev–Trinajstić information content (AvgIpc) is 2.90. The first kappa shape index (κ1) is 18.1. The van der Waals surface area contributed by atoms with Gasteiger partial charge in [0.05, 0.1) is 11.9 Å². The van der Waals surface area contributed by atoms with Crippen molar-refractivity contribution >= 4 is 17.6 Å². The molecular weight excluding hydrogens is 327 g/mol. The monoisotopic (exact) mass is 347 g/mol. The van der Waals surface area contributed by atoms with Crippen molar-refractivity contribution in [2.45, 2.75) is 32.5 Å². The zero-order valence-electron chi connectivity index (χ0n) is 13.3. The topological polar surface area (TPSA) is 79.3 Å². The fourth-order valence-electron chi connectivity index (χ4n) is 2.56. The van der Waals surface area contributed by atoms with Gasteiger partial charge in [-0.1, -0.05) is 0 Å². The molecule has 1 aromatic heterocycles. The Labute approximate surface area is 137 Å². The molecule has 24 heavy (non-hydrogen) atoms. The van der Waals surface area contributed by atoms with Crippen LogP contribution in [0.3, 0.4) is 0 Å². The van der Waals surface area contributed by atoms with Gasteiger partial charge in [-0.3, -0.25) is 9.48 Å². The number of piperidine rings is 1. The van der Waals surface area contributed by atoms with Gasteiger partial charge in [-0.25, -0.2) is 4.79 Å². The van der Waals surface area contributed by atoms with E-state index in [0.717, 1.165) is 25.2 Å². The number of likely N-dealkylation sites (tertiary alicyclic amines) is 1. The first-order valence-corrected chi connectivity index (χ1v) is 7.62. The maximum absolute atomic E-state index is 12.2. The van der Waals surface area contributed by atoms with Crippen LogP contribution in [0.4, 0.5) is 23.7 Å². The van der Waals surface area contributed by atoms with Crippen molar-refractivity contribution in [1.29, 1.82) is 0 Å². The third-order valence-electron chi connectivity index (χ3n) is 3.84. The SMILES string of the molecule is CC(=O)N1CCC(CNC(=O)Nc2cnn(CC(F)(F)F)c2)CC1. The van der Waals surface area contributed by atoms with Crippen LogP contribution in [0, 0.1) is 5.92 Å². The summed E-state index contributed by atoms with van der Waals surface area (Å²) in [4.78, 5) is 24.8. The lowest BCUT2D eigenvalue weighted by Crippen LogP contribution is -2.41. The number of urea groups is 1. The summed E-state index contributed by atoms with van der Waals surface area (Å²) in [6, 6.07) is -0.490. The largest absolute Gasteiger partial charge is 0.408 e. The van der Waals surface area contributed by atoms with Crippen LogP contribution in [0.15, 0.2) is 12.4 Å². The number of hydrogen-bond donors (Lipinski definition) is 2. The molecule has 2 rings (SSSR count). The van der Waals surface area contributed by atoms with Crippen LogP contribution >= 0.6 is 0 Å². The molecule has 0 radical (unpaired) electrons. The molecule has 1 aliphatic heterocycles. The van der Waals surface area contributed by atoms with Crippen molar-refractivity contribution in [2.75, 3.05) is 25.0 Å². The van der Waals surface area contributed by atoms with Crippen molar-refractivity contribution < 1.29 is 22.8 Å². The molecule has 3 amide bonds. The van der Waals surface area contributed by atoms with Crippen LogP contribution in [0.1, 0.15) is 19.8 Å². The molecule has 2 N–H and O–H groups in total. The number of carbonyl (C=O) groups excluding carboxylic acids is 2. The molecule has 1 aromatic rings. The van der Waals surface area contributed by atoms with E-state index in [4.69, 9.17) is 0 Å². The Kier molecular flexibility index (Phi) is 5.68. The lowest BCUT2D eigenvalue weighted by Gasteiger charge is -2.31. The highest BCUT2D eigenvalue weighted by Gasteiger charge is 2.28. The Hall–Kier alpha value is -2.26. The molecule has 0 spiro atoms. The molecule has 0 atom stereocenters. The predicted octanol–water partition coefficient (Wildman–Crippen LogP) is 1.83. The number of carbonyl (C=O) groups is 2. The Morgan fingerprint density at radius 2 is 2.00 bits per heavy atom. The standard InChI is InChI=1S/C14H20F3N5O2/c1-10(23)21-4-2-11(3-5-21)6-18-13(24)20-12-7-19-22(8-12)9-14(15,16)17/h7-8,11H,2-6,9H2,1H3,(H2,18,20,24). The van der Waals surface area contributed by atoms with E-state index < -0.39 is 18.8 Å². The molecule has 0 aliphatic carbocycles. The van der Waals surface area contributed by atoms with Crippen molar-refractivity contribution in [3.8, 4) is 0 Å². The number of alkyl halides is 3. The van der Waals surface area contributed by atoms with Gasteiger partial charge in [-0.05, 0) is 18.8 Å². The molecule has 1 saturated heterocycles. The van der Waals surface area contributed by atoms with Gasteiger partial charge in [0.25, 0.3) is 0 Å². The van der Waals surface area contributed by atoms with Gasteiger partial charge in [-0.2, -0.15) is 18.3 Å². The Morgan fingerprint density at radius 3 is 2.58 bits per heavy atom. The number of hydrogen-bond acceptors (Lipinski definition) is 3. The fourth-order valence-corrected chi connectivity index (χ4v) is 2.56. The minimum Gasteiger partial charge on any atom is -0.343 e. The smallest absolute Gasteiger partial charge is 0.343 e. The lowest BCUT2D eigenvalue weighted by molar-refractivity contribution is -0.142. The maximum atomic E-state index is 12.2. The Morgan fingerprint density at radius 1 is 1.33 bits per heavy atom. The minimum atomic E-state index is -4.36. The normalized spacial score (nSPS) is 16.1. The van der Waals surface area contributed by atoms with Gasteiger partial charge in [0.2, 0.25) is 5.91 Å². The van der Waals surface area contributed by atoms with Crippen molar-refractivity contribution in [3.63, 3.8) is 0 Å². The number of anilines is 1. The molecule has 0 saturated carbocycles. The summed E-state index contributed by atoms with van der Waals surface area (Å²) >= 11 is 0. The number of amides is 3. The Bertz CT molecular complexity index is 579. The quantitative estimate of drug-likeness (QED) is 0.872. The highest BCUT2D eigenvalue weighted by molar-refractivity contribution is 5.88. The third kappa shape index (κ3) is 5.74. The van der Waals surface area contributed by atoms with E-state index in [2.05, 4.69) is 15.7 Å². The maximum Gasteiger partial charge on any atom is 0.408 e. The minimum absolute atomic E-state index is 0.0509. The number of nitrogens with zero attached hydrogens (tertiary/aromatic N) is 3. The van der Waals surface area contributed by atoms with Crippen LogP contribution in [0.25, 0.3) is 0 Å². The Balaban J connectivity index is 1.71. The molecule has 134 valence electrons. The lowest BCUT2D eigenvalue weighted by atomic mass is 9.97. The van der Waals surface area contributed by atoms with Gasteiger partial charge < -0.3 is 15.5 Å². The van der Waals surface area contributed by atoms with Crippen molar-refractivity contribution in [2.24, 2.45) is 5.92 Å². The molecule has 1 fully saturated rings. The van der Waals surface area contributed by atoms with Gasteiger partial charge in [0, 0.05) is 32.8 Å². The number of nitrogens with one attached hydrogen (secondary N) is 2. The summed E-state index contributed by atoms with van der Waals surface area (Å²) in [6.07, 6.45) is -0.456. The molecule has 2 heterocycles. The summed E-state index contributed by atoms with van der Waals surface area (Å²) in [6.45, 7) is 2.13. The third-order valence-corrected chi connectivity index (χ3v) is 3.84. The van der Waals surface area contributed by atoms with E-state index in [1.54, 1.807) is 4.90 Å². The van der Waals surface area contributed by atoms with E-state index in [1.807, 2.05) is 0 Å². The second kappa shape index (κ2) is 7.54. The van der Waals surface area contributed by atoms with E-state index in [1.165, 1.54) is 6.92 Å². The van der Waals surface area contributed by atoms with Crippen LogP contribution in [-0.2, 0) is 11.3 Å². The molecule has 0 unspecified atom stereocenters. The van der Waals surface area contributed by atoms with Gasteiger partial charge in [0.15, 0.2) is 0 Å². The van der Waals surface area contributed by atoms with Crippen LogP contribution in [0.2, 0.25) is 0 Å². The van der Waals surface area contributed by atoms with Crippen molar-refractivity contribution in [3.05, 3.63) is 12.4 Å². The van der Waals surface area contributed by atoms with Gasteiger partial charge >= 0.3 is 12.2 Å². The molecular formula is C14H20F3N5O2. The first-order valence-electron chi connectivity index (χ1n) is 7.62. The second-order valence-corrected chi connectivity index (χ2v) is 5.83. The molecule has 1 aliphatic rings. The van der Waals surface area contributed by atoms with Crippen LogP contribution < -0.4 is 10.6 Å². The summed E-state index contributed by atoms with van der Waals surface area (Å²) in [5, 5.41) is 8.69. The van der Waals surface area contributed by atoms with E-state index >= 15 is 0 Å². The average molecular weight is 347 g/mol. The number of rotatable bonds is 4. The summed E-state index contributed by atoms with van der Waals surface area (Å²) in [5.41, 5.74) is 0.197. The summed E-state index contributed by atoms with van der Waals surface area (Å²) in [5.74, 6) is 0.328. The summed E-state index contributed by atoms with van der Waals surface area (Å²) in [7, 11) is 0. The fraction of sp³-hybridized carbons (Fsp3) is 0.643. The summed E-state index contributed by atoms with van der Waals surface area (Å²) < 4.78 is 37.4. The van der Waals surface area contributed by atoms with Gasteiger partial charge in [0.1, 0.15) is 6.54 Å². The number of aromatic nitrogens is 2. The highest BCUT2D eigenvalue weighted by atomic mass is 19.4. The van der Waals surface area contributed by atoms with E-state index in [9.17, 15) is 22.8 Å². The van der Waals surface area contributed by atoms with Crippen LogP contribution in [0.5, 0.6) is 0 Å². The van der Waals surface area contributed by atoms with Crippen molar-refractivity contribution in [1.82, 2.24) is 20.0 Å². The van der Waals surface area contributed by atoms with E-state index in [0.29, 0.717) is 24.3 Å². The van der Waals surface area contributed by atoms with Crippen LogP contribution in [-0.4, -0.2) is 52.4 Å². The highest BCUT2D eigenvalue weighted by Crippen LogP contribution is 2.18. The predicted molar refractivity (Wildman–Crippen MR) is 80.3 cm³/mol. The zero-order chi connectivity index (χ0) is 17.7. The second-order valence-electron chi connectivity index (χ2n) is 5.83. The van der Waals surface area contributed by atoms with E-state index in [-0.39, 0.29) is 17.5 Å². The molecule has 0 bridgehead atoms. The molecule has 10 heteroatoms. The first-order chi connectivity index (χ1) is 11.2. The number of halogens is 3. The molecule has 0 aromatic carbocycles. The molecule has 7 nitrogen and oxygen atoms in total.